The summed E-state index contributed by atoms with van der Waals surface area (Å²) in [7, 11) is 0. The van der Waals surface area contributed by atoms with Crippen molar-refractivity contribution in [3.05, 3.63) is 23.1 Å². The van der Waals surface area contributed by atoms with Crippen molar-refractivity contribution in [3.8, 4) is 5.88 Å². The van der Waals surface area contributed by atoms with Gasteiger partial charge in [-0.1, -0.05) is 0 Å². The molecule has 0 fully saturated rings. The molecule has 0 saturated carbocycles. The minimum atomic E-state index is -5.13. The molecule has 0 aliphatic carbocycles. The first-order chi connectivity index (χ1) is 8.23. The number of hydrogen-bond acceptors (Lipinski definition) is 3. The molecule has 1 aromatic rings. The Morgan fingerprint density at radius 2 is 2.06 bits per heavy atom. The number of carbonyl (C=O) groups is 1. The molecular weight excluding hydrogens is 265 g/mol. The molecule has 1 N–H and O–H groups in total. The van der Waals surface area contributed by atoms with E-state index in [4.69, 9.17) is 5.11 Å². The van der Waals surface area contributed by atoms with Crippen LogP contribution >= 0.6 is 0 Å². The number of aromatic nitrogens is 1. The predicted molar refractivity (Wildman–Crippen MR) is 47.0 cm³/mol. The first-order valence-electron chi connectivity index (χ1n) is 4.44. The highest BCUT2D eigenvalue weighted by Gasteiger charge is 2.33. The third kappa shape index (κ3) is 3.82. The normalized spacial score (nSPS) is 11.4. The fourth-order valence-corrected chi connectivity index (χ4v) is 1.13. The lowest BCUT2D eigenvalue weighted by Gasteiger charge is -2.12. The van der Waals surface area contributed by atoms with Gasteiger partial charge in [0.2, 0.25) is 5.88 Å². The van der Waals surface area contributed by atoms with E-state index in [2.05, 4.69) is 9.72 Å². The van der Waals surface area contributed by atoms with E-state index in [1.807, 2.05) is 0 Å². The molecule has 0 atom stereocenters. The van der Waals surface area contributed by atoms with Crippen LogP contribution in [-0.2, 0) is 17.9 Å². The van der Waals surface area contributed by atoms with E-state index < -0.39 is 48.4 Å². The third-order valence-electron chi connectivity index (χ3n) is 1.77. The maximum absolute atomic E-state index is 13.1. The quantitative estimate of drug-likeness (QED) is 0.853. The fourth-order valence-electron chi connectivity index (χ4n) is 1.13. The molecule has 0 amide bonds. The van der Waals surface area contributed by atoms with Crippen molar-refractivity contribution in [3.63, 3.8) is 0 Å². The molecule has 1 aromatic heterocycles. The SMILES string of the molecule is O=C(O)Cc1cc(F)c(CF)nc1OC(F)(F)F. The van der Waals surface area contributed by atoms with Crippen molar-refractivity contribution < 1.29 is 36.6 Å². The van der Waals surface area contributed by atoms with Crippen LogP contribution in [0.2, 0.25) is 0 Å². The van der Waals surface area contributed by atoms with Crippen LogP contribution in [0, 0.1) is 5.82 Å². The number of carboxylic acids is 1. The largest absolute Gasteiger partial charge is 0.574 e. The first-order valence-corrected chi connectivity index (χ1v) is 4.44. The zero-order valence-corrected chi connectivity index (χ0v) is 8.59. The monoisotopic (exact) mass is 271 g/mol. The van der Waals surface area contributed by atoms with Gasteiger partial charge >= 0.3 is 12.3 Å². The Morgan fingerprint density at radius 1 is 1.44 bits per heavy atom. The van der Waals surface area contributed by atoms with E-state index in [-0.39, 0.29) is 0 Å². The van der Waals surface area contributed by atoms with Crippen molar-refractivity contribution in [2.75, 3.05) is 0 Å². The lowest BCUT2D eigenvalue weighted by atomic mass is 10.2. The fraction of sp³-hybridized carbons (Fsp3) is 0.333. The molecule has 18 heavy (non-hydrogen) atoms. The number of hydrogen-bond donors (Lipinski definition) is 1. The summed E-state index contributed by atoms with van der Waals surface area (Å²) in [4.78, 5) is 13.4. The first kappa shape index (κ1) is 14.1. The van der Waals surface area contributed by atoms with Gasteiger partial charge in [0.1, 0.15) is 18.2 Å². The van der Waals surface area contributed by atoms with Crippen molar-refractivity contribution in [2.24, 2.45) is 0 Å². The van der Waals surface area contributed by atoms with E-state index in [0.29, 0.717) is 6.07 Å². The Morgan fingerprint density at radius 3 is 2.50 bits per heavy atom. The standard InChI is InChI=1S/C9H6F5NO3/c10-3-6-5(11)1-4(2-7(16)17)8(15-6)18-9(12,13)14/h1H,2-3H2,(H,16,17). The van der Waals surface area contributed by atoms with E-state index >= 15 is 0 Å². The van der Waals surface area contributed by atoms with Gasteiger partial charge in [0.25, 0.3) is 0 Å². The number of nitrogens with zero attached hydrogens (tertiary/aromatic N) is 1. The van der Waals surface area contributed by atoms with E-state index in [1.54, 1.807) is 0 Å². The molecule has 0 aliphatic heterocycles. The second-order valence-electron chi connectivity index (χ2n) is 3.13. The lowest BCUT2D eigenvalue weighted by Crippen LogP contribution is -2.20. The number of alkyl halides is 4. The molecular formula is C9H6F5NO3. The zero-order chi connectivity index (χ0) is 13.9. The molecule has 0 unspecified atom stereocenters. The van der Waals surface area contributed by atoms with Gasteiger partial charge in [-0.05, 0) is 6.07 Å². The molecule has 0 radical (unpaired) electrons. The molecule has 1 rings (SSSR count). The van der Waals surface area contributed by atoms with Crippen LogP contribution in [-0.4, -0.2) is 22.4 Å². The summed E-state index contributed by atoms with van der Waals surface area (Å²) >= 11 is 0. The topological polar surface area (TPSA) is 59.4 Å². The average molecular weight is 271 g/mol. The van der Waals surface area contributed by atoms with Crippen LogP contribution in [0.1, 0.15) is 11.3 Å². The van der Waals surface area contributed by atoms with Crippen molar-refractivity contribution in [1.29, 1.82) is 0 Å². The minimum Gasteiger partial charge on any atom is -0.481 e. The number of rotatable bonds is 4. The van der Waals surface area contributed by atoms with Crippen LogP contribution in [0.25, 0.3) is 0 Å². The predicted octanol–water partition coefficient (Wildman–Crippen LogP) is 2.22. The summed E-state index contributed by atoms with van der Waals surface area (Å²) in [5.41, 5.74) is -1.52. The van der Waals surface area contributed by atoms with Crippen LogP contribution in [0.4, 0.5) is 22.0 Å². The van der Waals surface area contributed by atoms with Crippen LogP contribution in [0.5, 0.6) is 5.88 Å². The van der Waals surface area contributed by atoms with Crippen molar-refractivity contribution in [1.82, 2.24) is 4.98 Å². The number of pyridine rings is 1. The summed E-state index contributed by atoms with van der Waals surface area (Å²) in [5, 5.41) is 8.45. The second kappa shape index (κ2) is 5.15. The molecule has 0 spiro atoms. The highest BCUT2D eigenvalue weighted by atomic mass is 19.4. The Kier molecular flexibility index (Phi) is 4.04. The van der Waals surface area contributed by atoms with Gasteiger partial charge in [-0.3, -0.25) is 4.79 Å². The highest BCUT2D eigenvalue weighted by molar-refractivity contribution is 5.71. The van der Waals surface area contributed by atoms with Gasteiger partial charge < -0.3 is 9.84 Å². The highest BCUT2D eigenvalue weighted by Crippen LogP contribution is 2.26. The second-order valence-corrected chi connectivity index (χ2v) is 3.13. The van der Waals surface area contributed by atoms with Crippen molar-refractivity contribution >= 4 is 5.97 Å². The minimum absolute atomic E-state index is 0.455. The average Bonchev–Trinajstić information content (AvgIpc) is 2.19. The van der Waals surface area contributed by atoms with Gasteiger partial charge in [0, 0.05) is 5.56 Å². The number of aliphatic carboxylic acids is 1. The summed E-state index contributed by atoms with van der Waals surface area (Å²) in [6.07, 6.45) is -6.06. The Bertz CT molecular complexity index is 460. The molecule has 100 valence electrons. The Labute approximate surface area is 97.0 Å². The molecule has 9 heteroatoms. The van der Waals surface area contributed by atoms with Crippen molar-refractivity contribution in [2.45, 2.75) is 19.5 Å². The lowest BCUT2D eigenvalue weighted by molar-refractivity contribution is -0.276. The van der Waals surface area contributed by atoms with Gasteiger partial charge in [-0.25, -0.2) is 13.8 Å². The van der Waals surface area contributed by atoms with Gasteiger partial charge in [-0.2, -0.15) is 0 Å². The maximum atomic E-state index is 13.1. The molecule has 0 saturated heterocycles. The van der Waals surface area contributed by atoms with E-state index in [0.717, 1.165) is 0 Å². The number of ether oxygens (including phenoxy) is 1. The van der Waals surface area contributed by atoms with Gasteiger partial charge in [0.15, 0.2) is 0 Å². The Hall–Kier alpha value is -1.93. The smallest absolute Gasteiger partial charge is 0.481 e. The third-order valence-corrected chi connectivity index (χ3v) is 1.77. The molecule has 0 bridgehead atoms. The van der Waals surface area contributed by atoms with Crippen LogP contribution in [0.15, 0.2) is 6.07 Å². The summed E-state index contributed by atoms with van der Waals surface area (Å²) in [6, 6.07) is 0.455. The summed E-state index contributed by atoms with van der Waals surface area (Å²) in [5.74, 6) is -3.90. The van der Waals surface area contributed by atoms with Crippen LogP contribution in [0.3, 0.4) is 0 Å². The van der Waals surface area contributed by atoms with E-state index in [9.17, 15) is 26.7 Å². The Balaban J connectivity index is 3.21. The van der Waals surface area contributed by atoms with Gasteiger partial charge in [0.05, 0.1) is 6.42 Å². The summed E-state index contributed by atoms with van der Waals surface area (Å²) in [6.45, 7) is -1.44. The zero-order valence-electron chi connectivity index (χ0n) is 8.59. The molecule has 4 nitrogen and oxygen atoms in total. The van der Waals surface area contributed by atoms with Crippen LogP contribution < -0.4 is 4.74 Å². The van der Waals surface area contributed by atoms with E-state index in [1.165, 1.54) is 0 Å². The molecule has 0 aliphatic rings. The summed E-state index contributed by atoms with van der Waals surface area (Å²) < 4.78 is 64.7. The maximum Gasteiger partial charge on any atom is 0.574 e. The molecule has 0 aromatic carbocycles. The molecule has 1 heterocycles. The number of halogens is 5. The van der Waals surface area contributed by atoms with Gasteiger partial charge in [-0.15, -0.1) is 13.2 Å². The number of carboxylic acid groups (broad SMARTS) is 1.